The lowest BCUT2D eigenvalue weighted by Gasteiger charge is -2.06. The Hall–Kier alpha value is -2.27. The van der Waals surface area contributed by atoms with Gasteiger partial charge in [0.25, 0.3) is 0 Å². The van der Waals surface area contributed by atoms with Crippen LogP contribution in [0, 0.1) is 6.92 Å². The largest absolute Gasteiger partial charge is 0.320 e. The number of hydrogen-bond acceptors (Lipinski definition) is 4. The molecule has 2 aromatic heterocycles. The highest BCUT2D eigenvalue weighted by molar-refractivity contribution is 5.79. The Bertz CT molecular complexity index is 732. The van der Waals surface area contributed by atoms with Gasteiger partial charge in [-0.05, 0) is 30.7 Å². The summed E-state index contributed by atoms with van der Waals surface area (Å²) in [6.07, 6.45) is 1.71. The van der Waals surface area contributed by atoms with Crippen molar-refractivity contribution in [3.8, 4) is 0 Å². The number of aromatic nitrogens is 4. The Labute approximate surface area is 117 Å². The zero-order valence-corrected chi connectivity index (χ0v) is 11.7. The summed E-state index contributed by atoms with van der Waals surface area (Å²) in [5, 5.41) is 12.5. The summed E-state index contributed by atoms with van der Waals surface area (Å²) < 4.78 is 1.92. The van der Waals surface area contributed by atoms with Crippen LogP contribution in [0.25, 0.3) is 10.9 Å². The minimum atomic E-state index is 0.709. The Morgan fingerprint density at radius 2 is 2.05 bits per heavy atom. The van der Waals surface area contributed by atoms with E-state index in [1.54, 1.807) is 6.33 Å². The van der Waals surface area contributed by atoms with Crippen LogP contribution in [0.1, 0.15) is 17.1 Å². The number of fused-ring (bicyclic) bond motifs is 1. The molecule has 0 spiro atoms. The van der Waals surface area contributed by atoms with Gasteiger partial charge in [0.1, 0.15) is 12.2 Å². The fourth-order valence-electron chi connectivity index (χ4n) is 2.17. The van der Waals surface area contributed by atoms with E-state index >= 15 is 0 Å². The van der Waals surface area contributed by atoms with Gasteiger partial charge in [0.15, 0.2) is 0 Å². The Morgan fingerprint density at radius 3 is 2.85 bits per heavy atom. The van der Waals surface area contributed by atoms with Crippen LogP contribution in [-0.2, 0) is 20.1 Å². The molecule has 0 amide bonds. The molecule has 0 fully saturated rings. The summed E-state index contributed by atoms with van der Waals surface area (Å²) in [4.78, 5) is 4.51. The van der Waals surface area contributed by atoms with Crippen LogP contribution in [-0.4, -0.2) is 19.7 Å². The summed E-state index contributed by atoms with van der Waals surface area (Å²) in [5.74, 6) is 0.933. The molecule has 2 heterocycles. The molecule has 1 N–H and O–H groups in total. The third-order valence-corrected chi connectivity index (χ3v) is 3.31. The van der Waals surface area contributed by atoms with Crippen LogP contribution < -0.4 is 5.32 Å². The van der Waals surface area contributed by atoms with Crippen LogP contribution in [0.5, 0.6) is 0 Å². The molecule has 3 rings (SSSR count). The topological polar surface area (TPSA) is 55.6 Å². The molecular weight excluding hydrogens is 250 g/mol. The fraction of sp³-hybridized carbons (Fsp3) is 0.267. The molecular formula is C15H17N5. The van der Waals surface area contributed by atoms with E-state index in [1.165, 1.54) is 10.9 Å². The molecule has 0 saturated heterocycles. The zero-order valence-electron chi connectivity index (χ0n) is 11.7. The number of aryl methyl sites for hydroxylation is 2. The van der Waals surface area contributed by atoms with Crippen LogP contribution in [0.3, 0.4) is 0 Å². The van der Waals surface area contributed by atoms with Gasteiger partial charge in [-0.15, -0.1) is 10.2 Å². The standard InChI is InChI=1S/C15H17N5/c1-11-3-5-13-7-12(4-6-14(13)18-11)8-16-9-15-19-17-10-20(15)2/h3-7,10,16H,8-9H2,1-2H3. The van der Waals surface area contributed by atoms with Crippen molar-refractivity contribution >= 4 is 10.9 Å². The highest BCUT2D eigenvalue weighted by atomic mass is 15.3. The van der Waals surface area contributed by atoms with Crippen molar-refractivity contribution in [3.05, 3.63) is 53.7 Å². The second kappa shape index (κ2) is 5.38. The van der Waals surface area contributed by atoms with E-state index in [0.717, 1.165) is 23.6 Å². The van der Waals surface area contributed by atoms with Gasteiger partial charge in [-0.2, -0.15) is 0 Å². The molecule has 0 aliphatic rings. The van der Waals surface area contributed by atoms with Gasteiger partial charge in [0.05, 0.1) is 12.1 Å². The lowest BCUT2D eigenvalue weighted by Crippen LogP contribution is -2.15. The first-order valence-corrected chi connectivity index (χ1v) is 6.62. The predicted molar refractivity (Wildman–Crippen MR) is 78.0 cm³/mol. The number of pyridine rings is 1. The summed E-state index contributed by atoms with van der Waals surface area (Å²) in [6.45, 7) is 3.52. The normalized spacial score (nSPS) is 11.1. The molecule has 0 radical (unpaired) electrons. The lowest BCUT2D eigenvalue weighted by atomic mass is 10.1. The summed E-state index contributed by atoms with van der Waals surface area (Å²) in [6, 6.07) is 10.5. The molecule has 0 aliphatic heterocycles. The quantitative estimate of drug-likeness (QED) is 0.785. The maximum atomic E-state index is 4.51. The summed E-state index contributed by atoms with van der Waals surface area (Å²) >= 11 is 0. The fourth-order valence-corrected chi connectivity index (χ4v) is 2.17. The average molecular weight is 267 g/mol. The van der Waals surface area contributed by atoms with E-state index in [-0.39, 0.29) is 0 Å². The molecule has 0 aliphatic carbocycles. The first-order chi connectivity index (χ1) is 9.72. The van der Waals surface area contributed by atoms with Crippen molar-refractivity contribution in [2.24, 2.45) is 7.05 Å². The van der Waals surface area contributed by atoms with Gasteiger partial charge in [-0.1, -0.05) is 12.1 Å². The van der Waals surface area contributed by atoms with Gasteiger partial charge in [0.2, 0.25) is 0 Å². The van der Waals surface area contributed by atoms with E-state index in [2.05, 4.69) is 44.8 Å². The van der Waals surface area contributed by atoms with Gasteiger partial charge in [0, 0.05) is 24.7 Å². The Balaban J connectivity index is 1.68. The average Bonchev–Trinajstić information content (AvgIpc) is 2.85. The number of benzene rings is 1. The van der Waals surface area contributed by atoms with Crippen LogP contribution >= 0.6 is 0 Å². The van der Waals surface area contributed by atoms with Crippen LogP contribution in [0.2, 0.25) is 0 Å². The predicted octanol–water partition coefficient (Wildman–Crippen LogP) is 1.96. The first-order valence-electron chi connectivity index (χ1n) is 6.62. The molecule has 5 nitrogen and oxygen atoms in total. The minimum Gasteiger partial charge on any atom is -0.320 e. The lowest BCUT2D eigenvalue weighted by molar-refractivity contribution is 0.637. The van der Waals surface area contributed by atoms with Gasteiger partial charge < -0.3 is 9.88 Å². The van der Waals surface area contributed by atoms with Crippen molar-refractivity contribution in [1.82, 2.24) is 25.1 Å². The second-order valence-corrected chi connectivity index (χ2v) is 4.94. The molecule has 5 heteroatoms. The molecule has 20 heavy (non-hydrogen) atoms. The molecule has 0 bridgehead atoms. The number of nitrogens with one attached hydrogen (secondary N) is 1. The molecule has 1 aromatic carbocycles. The third-order valence-electron chi connectivity index (χ3n) is 3.31. The smallest absolute Gasteiger partial charge is 0.146 e. The monoisotopic (exact) mass is 267 g/mol. The summed E-state index contributed by atoms with van der Waals surface area (Å²) in [7, 11) is 1.95. The van der Waals surface area contributed by atoms with Gasteiger partial charge in [-0.25, -0.2) is 0 Å². The van der Waals surface area contributed by atoms with Gasteiger partial charge in [-0.3, -0.25) is 4.98 Å². The molecule has 3 aromatic rings. The van der Waals surface area contributed by atoms with Crippen molar-refractivity contribution in [2.45, 2.75) is 20.0 Å². The highest BCUT2D eigenvalue weighted by Crippen LogP contribution is 2.14. The summed E-state index contributed by atoms with van der Waals surface area (Å²) in [5.41, 5.74) is 3.33. The molecule has 102 valence electrons. The number of hydrogen-bond donors (Lipinski definition) is 1. The van der Waals surface area contributed by atoms with Crippen molar-refractivity contribution < 1.29 is 0 Å². The minimum absolute atomic E-state index is 0.709. The van der Waals surface area contributed by atoms with E-state index in [9.17, 15) is 0 Å². The van der Waals surface area contributed by atoms with E-state index in [4.69, 9.17) is 0 Å². The SMILES string of the molecule is Cc1ccc2cc(CNCc3nncn3C)ccc2n1. The zero-order chi connectivity index (χ0) is 13.9. The van der Waals surface area contributed by atoms with Crippen LogP contribution in [0.15, 0.2) is 36.7 Å². The Morgan fingerprint density at radius 1 is 1.15 bits per heavy atom. The third kappa shape index (κ3) is 2.67. The second-order valence-electron chi connectivity index (χ2n) is 4.94. The maximum Gasteiger partial charge on any atom is 0.146 e. The van der Waals surface area contributed by atoms with E-state index in [1.807, 2.05) is 24.6 Å². The van der Waals surface area contributed by atoms with Crippen molar-refractivity contribution in [2.75, 3.05) is 0 Å². The Kier molecular flexibility index (Phi) is 3.43. The van der Waals surface area contributed by atoms with E-state index < -0.39 is 0 Å². The first kappa shape index (κ1) is 12.7. The van der Waals surface area contributed by atoms with Crippen LogP contribution in [0.4, 0.5) is 0 Å². The maximum absolute atomic E-state index is 4.51. The number of nitrogens with zero attached hydrogens (tertiary/aromatic N) is 4. The number of rotatable bonds is 4. The van der Waals surface area contributed by atoms with Crippen molar-refractivity contribution in [3.63, 3.8) is 0 Å². The highest BCUT2D eigenvalue weighted by Gasteiger charge is 2.01. The van der Waals surface area contributed by atoms with E-state index in [0.29, 0.717) is 6.54 Å². The van der Waals surface area contributed by atoms with Gasteiger partial charge >= 0.3 is 0 Å². The van der Waals surface area contributed by atoms with Crippen molar-refractivity contribution in [1.29, 1.82) is 0 Å². The molecule has 0 unspecified atom stereocenters. The molecule has 0 saturated carbocycles. The molecule has 0 atom stereocenters.